The Hall–Kier alpha value is -1.92. The van der Waals surface area contributed by atoms with E-state index in [0.29, 0.717) is 0 Å². The van der Waals surface area contributed by atoms with E-state index in [0.717, 1.165) is 10.9 Å². The molecule has 102 valence electrons. The third-order valence-corrected chi connectivity index (χ3v) is 3.10. The van der Waals surface area contributed by atoms with E-state index in [1.54, 1.807) is 0 Å². The molecule has 3 atom stereocenters. The number of rotatable bonds is 3. The largest absolute Gasteiger partial charge is 0.391 e. The molecule has 0 spiro atoms. The second-order valence-corrected chi connectivity index (χ2v) is 4.15. The van der Waals surface area contributed by atoms with Gasteiger partial charge in [0, 0.05) is 0 Å². The van der Waals surface area contributed by atoms with E-state index >= 15 is 0 Å². The maximum atomic E-state index is 11.2. The summed E-state index contributed by atoms with van der Waals surface area (Å²) < 4.78 is 6.39. The highest BCUT2D eigenvalue weighted by molar-refractivity contribution is 5.93. The number of carbonyl (C=O) groups excluding carboxylic acids is 1. The lowest BCUT2D eigenvalue weighted by molar-refractivity contribution is -0.152. The van der Waals surface area contributed by atoms with Gasteiger partial charge in [-0.25, -0.2) is 4.98 Å². The molecule has 1 aromatic heterocycles. The fourth-order valence-electron chi connectivity index (χ4n) is 2.09. The summed E-state index contributed by atoms with van der Waals surface area (Å²) in [5, 5.41) is 29.0. The number of primary amides is 1. The van der Waals surface area contributed by atoms with Crippen LogP contribution in [0.15, 0.2) is 6.33 Å². The van der Waals surface area contributed by atoms with Gasteiger partial charge in [-0.05, 0) is 5.92 Å². The monoisotopic (exact) mass is 267 g/mol. The van der Waals surface area contributed by atoms with Crippen molar-refractivity contribution in [2.45, 2.75) is 17.9 Å². The molecule has 1 aromatic rings. The predicted octanol–water partition coefficient (Wildman–Crippen LogP) is -2.64. The quantitative estimate of drug-likeness (QED) is 0.443. The van der Waals surface area contributed by atoms with Gasteiger partial charge in [-0.3, -0.25) is 9.36 Å². The Balaban J connectivity index is 2.58. The van der Waals surface area contributed by atoms with Crippen LogP contribution in [0.4, 0.5) is 0 Å². The van der Waals surface area contributed by atoms with Gasteiger partial charge in [0.2, 0.25) is 0 Å². The van der Waals surface area contributed by atoms with E-state index in [2.05, 4.69) is 10.9 Å². The summed E-state index contributed by atoms with van der Waals surface area (Å²) in [7, 11) is 0. The van der Waals surface area contributed by atoms with Crippen LogP contribution in [0.2, 0.25) is 0 Å². The molecule has 0 saturated carbocycles. The fourth-order valence-corrected chi connectivity index (χ4v) is 2.09. The first-order valence-electron chi connectivity index (χ1n) is 5.43. The zero-order valence-corrected chi connectivity index (χ0v) is 9.85. The lowest BCUT2D eigenvalue weighted by atomic mass is 10.1. The first-order chi connectivity index (χ1) is 8.97. The molecule has 0 aromatic carbocycles. The van der Waals surface area contributed by atoms with E-state index in [9.17, 15) is 20.1 Å². The Morgan fingerprint density at radius 2 is 2.42 bits per heavy atom. The number of hydrogen-bond acceptors (Lipinski definition) is 6. The maximum Gasteiger partial charge on any atom is 0.270 e. The van der Waals surface area contributed by atoms with E-state index in [1.165, 1.54) is 0 Å². The molecule has 8 heteroatoms. The van der Waals surface area contributed by atoms with E-state index in [1.807, 2.05) is 0 Å². The standard InChI is InChI=1S/C11H13N3O5/c1-2-6-8(10(12)18)13-5-14(6)11(4-15)9(17)7(16)3-19-11/h1,5,7,9,15-17H,3-4H2,(H2,12,18)/t7-,9-,11-/m0/s1. The minimum absolute atomic E-state index is 0.0327. The number of aliphatic hydroxyl groups is 3. The molecule has 1 fully saturated rings. The average Bonchev–Trinajstić information content (AvgIpc) is 2.94. The van der Waals surface area contributed by atoms with Crippen LogP contribution >= 0.6 is 0 Å². The zero-order valence-electron chi connectivity index (χ0n) is 9.85. The molecular formula is C11H13N3O5. The minimum atomic E-state index is -1.68. The van der Waals surface area contributed by atoms with Gasteiger partial charge in [0.25, 0.3) is 5.91 Å². The number of aromatic nitrogens is 2. The summed E-state index contributed by atoms with van der Waals surface area (Å²) in [6.45, 7) is -0.843. The highest BCUT2D eigenvalue weighted by Crippen LogP contribution is 2.33. The molecule has 1 aliphatic heterocycles. The summed E-state index contributed by atoms with van der Waals surface area (Å²) in [5.41, 5.74) is 3.24. The number of imidazole rings is 1. The number of amides is 1. The SMILES string of the molecule is C#Cc1c(C(N)=O)ncn1[C@@]1(CO)OC[C@H](O)[C@@H]1O. The van der Waals surface area contributed by atoms with Crippen molar-refractivity contribution in [1.82, 2.24) is 9.55 Å². The van der Waals surface area contributed by atoms with Crippen molar-refractivity contribution < 1.29 is 24.9 Å². The van der Waals surface area contributed by atoms with Gasteiger partial charge in [0.05, 0.1) is 19.5 Å². The molecule has 1 saturated heterocycles. The summed E-state index contributed by atoms with van der Waals surface area (Å²) in [6.07, 6.45) is 3.83. The topological polar surface area (TPSA) is 131 Å². The van der Waals surface area contributed by atoms with Gasteiger partial charge in [0.1, 0.15) is 17.9 Å². The minimum Gasteiger partial charge on any atom is -0.391 e. The third-order valence-electron chi connectivity index (χ3n) is 3.10. The second-order valence-electron chi connectivity index (χ2n) is 4.15. The van der Waals surface area contributed by atoms with E-state index < -0.39 is 30.4 Å². The van der Waals surface area contributed by atoms with Crippen LogP contribution in [0.5, 0.6) is 0 Å². The Labute approximate surface area is 108 Å². The lowest BCUT2D eigenvalue weighted by Crippen LogP contribution is -2.49. The van der Waals surface area contributed by atoms with Crippen molar-refractivity contribution in [2.75, 3.05) is 13.2 Å². The highest BCUT2D eigenvalue weighted by atomic mass is 16.6. The van der Waals surface area contributed by atoms with Crippen LogP contribution in [0.1, 0.15) is 16.2 Å². The van der Waals surface area contributed by atoms with Crippen molar-refractivity contribution in [3.63, 3.8) is 0 Å². The predicted molar refractivity (Wildman–Crippen MR) is 61.7 cm³/mol. The summed E-state index contributed by atoms with van der Waals surface area (Å²) in [5.74, 6) is 1.37. The Bertz CT molecular complexity index is 549. The molecule has 8 nitrogen and oxygen atoms in total. The molecule has 2 rings (SSSR count). The number of carbonyl (C=O) groups is 1. The molecule has 0 radical (unpaired) electrons. The third kappa shape index (κ3) is 1.80. The van der Waals surface area contributed by atoms with Crippen LogP contribution in [-0.4, -0.2) is 56.2 Å². The van der Waals surface area contributed by atoms with Crippen LogP contribution in [0.3, 0.4) is 0 Å². The van der Waals surface area contributed by atoms with Crippen LogP contribution in [-0.2, 0) is 10.5 Å². The Morgan fingerprint density at radius 3 is 2.84 bits per heavy atom. The van der Waals surface area contributed by atoms with E-state index in [-0.39, 0.29) is 18.0 Å². The second kappa shape index (κ2) is 4.64. The highest BCUT2D eigenvalue weighted by Gasteiger charge is 2.51. The van der Waals surface area contributed by atoms with Gasteiger partial charge in [0.15, 0.2) is 11.4 Å². The van der Waals surface area contributed by atoms with Crippen molar-refractivity contribution >= 4 is 5.91 Å². The molecule has 1 aliphatic rings. The number of ether oxygens (including phenoxy) is 1. The number of nitrogens with two attached hydrogens (primary N) is 1. The molecule has 2 heterocycles. The molecule has 5 N–H and O–H groups in total. The van der Waals surface area contributed by atoms with Crippen molar-refractivity contribution in [1.29, 1.82) is 0 Å². The van der Waals surface area contributed by atoms with Crippen LogP contribution < -0.4 is 5.73 Å². The van der Waals surface area contributed by atoms with Gasteiger partial charge in [-0.1, -0.05) is 0 Å². The van der Waals surface area contributed by atoms with Crippen molar-refractivity contribution in [3.05, 3.63) is 17.7 Å². The molecule has 19 heavy (non-hydrogen) atoms. The lowest BCUT2D eigenvalue weighted by Gasteiger charge is -2.31. The molecular weight excluding hydrogens is 254 g/mol. The summed E-state index contributed by atoms with van der Waals surface area (Å²) in [4.78, 5) is 14.9. The smallest absolute Gasteiger partial charge is 0.270 e. The van der Waals surface area contributed by atoms with Crippen molar-refractivity contribution in [2.24, 2.45) is 5.73 Å². The first kappa shape index (κ1) is 13.5. The average molecular weight is 267 g/mol. The number of hydrogen-bond donors (Lipinski definition) is 4. The van der Waals surface area contributed by atoms with E-state index in [4.69, 9.17) is 16.9 Å². The van der Waals surface area contributed by atoms with Gasteiger partial charge >= 0.3 is 0 Å². The molecule has 0 bridgehead atoms. The number of terminal acetylenes is 1. The van der Waals surface area contributed by atoms with Gasteiger partial charge < -0.3 is 25.8 Å². The molecule has 1 amide bonds. The first-order valence-corrected chi connectivity index (χ1v) is 5.43. The maximum absolute atomic E-state index is 11.2. The van der Waals surface area contributed by atoms with Crippen LogP contribution in [0.25, 0.3) is 0 Å². The summed E-state index contributed by atoms with van der Waals surface area (Å²) in [6, 6.07) is 0. The Morgan fingerprint density at radius 1 is 1.74 bits per heavy atom. The molecule has 0 aliphatic carbocycles. The Kier molecular flexibility index (Phi) is 3.30. The normalized spacial score (nSPS) is 30.2. The van der Waals surface area contributed by atoms with Gasteiger partial charge in [-0.15, -0.1) is 6.42 Å². The van der Waals surface area contributed by atoms with Crippen molar-refractivity contribution in [3.8, 4) is 12.3 Å². The number of nitrogens with zero attached hydrogens (tertiary/aromatic N) is 2. The number of aliphatic hydroxyl groups excluding tert-OH is 3. The molecule has 0 unspecified atom stereocenters. The zero-order chi connectivity index (χ0) is 14.2. The van der Waals surface area contributed by atoms with Crippen LogP contribution in [0, 0.1) is 12.3 Å². The fraction of sp³-hybridized carbons (Fsp3) is 0.455. The summed E-state index contributed by atoms with van der Waals surface area (Å²) >= 11 is 0. The van der Waals surface area contributed by atoms with Gasteiger partial charge in [-0.2, -0.15) is 0 Å².